The molecule has 0 spiro atoms. The second-order valence-electron chi connectivity index (χ2n) is 4.13. The average Bonchev–Trinajstić information content (AvgIpc) is 2.85. The third-order valence-electron chi connectivity index (χ3n) is 3.02. The molecule has 1 atom stereocenters. The number of nitrogens with one attached hydrogen (secondary N) is 1. The first kappa shape index (κ1) is 10.9. The molecule has 1 heterocycles. The first-order valence-electron chi connectivity index (χ1n) is 5.79. The molecule has 82 valence electrons. The lowest BCUT2D eigenvalue weighted by molar-refractivity contribution is 0.611. The average molecular weight is 221 g/mol. The van der Waals surface area contributed by atoms with Crippen molar-refractivity contribution in [3.05, 3.63) is 33.5 Å². The number of aryl methyl sites for hydroxylation is 1. The van der Waals surface area contributed by atoms with Gasteiger partial charge in [-0.3, -0.25) is 0 Å². The van der Waals surface area contributed by atoms with E-state index >= 15 is 0 Å². The Balaban J connectivity index is 2.23. The summed E-state index contributed by atoms with van der Waals surface area (Å²) < 4.78 is 0. The zero-order valence-corrected chi connectivity index (χ0v) is 10.4. The lowest BCUT2D eigenvalue weighted by Crippen LogP contribution is -2.22. The zero-order valence-electron chi connectivity index (χ0n) is 9.55. The number of allylic oxidation sites excluding steroid dienone is 1. The summed E-state index contributed by atoms with van der Waals surface area (Å²) in [5.74, 6) is 0. The van der Waals surface area contributed by atoms with Gasteiger partial charge in [0.1, 0.15) is 0 Å². The first-order chi connectivity index (χ1) is 7.33. The molecule has 2 heteroatoms. The first-order valence-corrected chi connectivity index (χ1v) is 6.67. The lowest BCUT2D eigenvalue weighted by Gasteiger charge is -2.19. The molecule has 1 aromatic rings. The van der Waals surface area contributed by atoms with Gasteiger partial charge in [0.25, 0.3) is 0 Å². The summed E-state index contributed by atoms with van der Waals surface area (Å²) in [6, 6.07) is 2.71. The van der Waals surface area contributed by atoms with Crippen LogP contribution in [0.5, 0.6) is 0 Å². The van der Waals surface area contributed by atoms with Crippen molar-refractivity contribution in [3.8, 4) is 0 Å². The van der Waals surface area contributed by atoms with Crippen LogP contribution in [0.25, 0.3) is 0 Å². The van der Waals surface area contributed by atoms with E-state index in [1.54, 1.807) is 5.57 Å². The highest BCUT2D eigenvalue weighted by Gasteiger charge is 2.20. The Morgan fingerprint density at radius 2 is 2.40 bits per heavy atom. The molecule has 15 heavy (non-hydrogen) atoms. The predicted octanol–water partition coefficient (Wildman–Crippen LogP) is 3.82. The third-order valence-corrected chi connectivity index (χ3v) is 4.10. The van der Waals surface area contributed by atoms with Crippen molar-refractivity contribution in [1.82, 2.24) is 5.32 Å². The van der Waals surface area contributed by atoms with E-state index in [1.807, 2.05) is 11.3 Å². The number of hydrogen-bond donors (Lipinski definition) is 1. The summed E-state index contributed by atoms with van der Waals surface area (Å²) in [6.45, 7) is 5.44. The van der Waals surface area contributed by atoms with E-state index in [2.05, 4.69) is 36.7 Å². The van der Waals surface area contributed by atoms with Crippen LogP contribution in [-0.4, -0.2) is 6.54 Å². The second kappa shape index (κ2) is 4.95. The molecular weight excluding hydrogens is 202 g/mol. The van der Waals surface area contributed by atoms with Crippen LogP contribution in [0.2, 0.25) is 0 Å². The van der Waals surface area contributed by atoms with Crippen molar-refractivity contribution in [2.24, 2.45) is 0 Å². The molecule has 0 aromatic carbocycles. The molecule has 0 radical (unpaired) electrons. The minimum atomic E-state index is 0.484. The van der Waals surface area contributed by atoms with Gasteiger partial charge in [0, 0.05) is 4.88 Å². The topological polar surface area (TPSA) is 12.0 Å². The Morgan fingerprint density at radius 3 is 2.93 bits per heavy atom. The fourth-order valence-corrected chi connectivity index (χ4v) is 3.28. The van der Waals surface area contributed by atoms with E-state index in [0.717, 1.165) is 6.54 Å². The molecule has 1 aliphatic rings. The highest BCUT2D eigenvalue weighted by Crippen LogP contribution is 2.34. The van der Waals surface area contributed by atoms with E-state index in [9.17, 15) is 0 Å². The lowest BCUT2D eigenvalue weighted by atomic mass is 10.0. The van der Waals surface area contributed by atoms with E-state index < -0.39 is 0 Å². The molecule has 1 aliphatic carbocycles. The van der Waals surface area contributed by atoms with E-state index in [0.29, 0.717) is 6.04 Å². The number of rotatable bonds is 4. The number of likely N-dealkylation sites (N-methyl/N-ethyl adjacent to an activating group) is 1. The highest BCUT2D eigenvalue weighted by molar-refractivity contribution is 7.10. The standard InChI is InChI=1S/C13H19NS/c1-3-14-12(11-6-4-5-7-11)13-10(2)8-9-15-13/h6,8-9,12,14H,3-5,7H2,1-2H3. The van der Waals surface area contributed by atoms with Crippen molar-refractivity contribution in [3.63, 3.8) is 0 Å². The largest absolute Gasteiger partial charge is 0.306 e. The van der Waals surface area contributed by atoms with Gasteiger partial charge in [-0.15, -0.1) is 11.3 Å². The molecule has 0 saturated carbocycles. The Kier molecular flexibility index (Phi) is 3.60. The van der Waals surface area contributed by atoms with Crippen molar-refractivity contribution in [2.75, 3.05) is 6.54 Å². The van der Waals surface area contributed by atoms with Crippen molar-refractivity contribution < 1.29 is 0 Å². The SMILES string of the molecule is CCNC(C1=CCCC1)c1sccc1C. The summed E-state index contributed by atoms with van der Waals surface area (Å²) in [5, 5.41) is 5.81. The van der Waals surface area contributed by atoms with Crippen LogP contribution in [0.1, 0.15) is 42.7 Å². The molecule has 1 N–H and O–H groups in total. The summed E-state index contributed by atoms with van der Waals surface area (Å²) in [6.07, 6.45) is 6.30. The van der Waals surface area contributed by atoms with Crippen LogP contribution in [0.4, 0.5) is 0 Å². The van der Waals surface area contributed by atoms with Crippen LogP contribution in [0.3, 0.4) is 0 Å². The van der Waals surface area contributed by atoms with Crippen LogP contribution >= 0.6 is 11.3 Å². The molecule has 2 rings (SSSR count). The maximum Gasteiger partial charge on any atom is 0.0633 e. The smallest absolute Gasteiger partial charge is 0.0633 e. The van der Waals surface area contributed by atoms with Crippen LogP contribution in [0.15, 0.2) is 23.1 Å². The maximum atomic E-state index is 3.61. The third kappa shape index (κ3) is 2.32. The number of hydrogen-bond acceptors (Lipinski definition) is 2. The van der Waals surface area contributed by atoms with Crippen LogP contribution in [0, 0.1) is 6.92 Å². The highest BCUT2D eigenvalue weighted by atomic mass is 32.1. The summed E-state index contributed by atoms with van der Waals surface area (Å²) in [7, 11) is 0. The molecule has 1 aromatic heterocycles. The second-order valence-corrected chi connectivity index (χ2v) is 5.08. The summed E-state index contributed by atoms with van der Waals surface area (Å²) in [5.41, 5.74) is 3.03. The van der Waals surface area contributed by atoms with Gasteiger partial charge in [-0.2, -0.15) is 0 Å². The number of thiophene rings is 1. The van der Waals surface area contributed by atoms with E-state index in [1.165, 1.54) is 29.7 Å². The Morgan fingerprint density at radius 1 is 1.53 bits per heavy atom. The summed E-state index contributed by atoms with van der Waals surface area (Å²) >= 11 is 1.88. The fraction of sp³-hybridized carbons (Fsp3) is 0.538. The van der Waals surface area contributed by atoms with Gasteiger partial charge in [-0.1, -0.05) is 18.6 Å². The Labute approximate surface area is 96.2 Å². The zero-order chi connectivity index (χ0) is 10.7. The van der Waals surface area contributed by atoms with Crippen molar-refractivity contribution in [1.29, 1.82) is 0 Å². The molecule has 0 amide bonds. The quantitative estimate of drug-likeness (QED) is 0.762. The molecule has 1 nitrogen and oxygen atoms in total. The Bertz CT molecular complexity index is 351. The van der Waals surface area contributed by atoms with Crippen LogP contribution in [-0.2, 0) is 0 Å². The normalized spacial score (nSPS) is 17.9. The van der Waals surface area contributed by atoms with E-state index in [4.69, 9.17) is 0 Å². The Hall–Kier alpha value is -0.600. The minimum absolute atomic E-state index is 0.484. The predicted molar refractivity (Wildman–Crippen MR) is 67.4 cm³/mol. The molecule has 0 fully saturated rings. The van der Waals surface area contributed by atoms with Gasteiger partial charge in [-0.05, 0) is 49.7 Å². The summed E-state index contributed by atoms with van der Waals surface area (Å²) in [4.78, 5) is 1.50. The molecular formula is C13H19NS. The molecule has 0 saturated heterocycles. The van der Waals surface area contributed by atoms with Crippen molar-refractivity contribution >= 4 is 11.3 Å². The van der Waals surface area contributed by atoms with Crippen LogP contribution < -0.4 is 5.32 Å². The minimum Gasteiger partial charge on any atom is -0.306 e. The van der Waals surface area contributed by atoms with Gasteiger partial charge in [0.2, 0.25) is 0 Å². The van der Waals surface area contributed by atoms with Gasteiger partial charge in [0.05, 0.1) is 6.04 Å². The molecule has 1 unspecified atom stereocenters. The van der Waals surface area contributed by atoms with E-state index in [-0.39, 0.29) is 0 Å². The van der Waals surface area contributed by atoms with Gasteiger partial charge >= 0.3 is 0 Å². The van der Waals surface area contributed by atoms with Gasteiger partial charge in [-0.25, -0.2) is 0 Å². The fourth-order valence-electron chi connectivity index (χ4n) is 2.23. The monoisotopic (exact) mass is 221 g/mol. The molecule has 0 bridgehead atoms. The van der Waals surface area contributed by atoms with Crippen molar-refractivity contribution in [2.45, 2.75) is 39.2 Å². The molecule has 0 aliphatic heterocycles. The van der Waals surface area contributed by atoms with Gasteiger partial charge < -0.3 is 5.32 Å². The van der Waals surface area contributed by atoms with Gasteiger partial charge in [0.15, 0.2) is 0 Å². The maximum absolute atomic E-state index is 3.61.